The van der Waals surface area contributed by atoms with Crippen LogP contribution in [0.3, 0.4) is 0 Å². The summed E-state index contributed by atoms with van der Waals surface area (Å²) >= 11 is 1.65. The summed E-state index contributed by atoms with van der Waals surface area (Å²) in [6, 6.07) is 4.73. The molecule has 3 nitrogen and oxygen atoms in total. The number of fused-ring (bicyclic) bond motifs is 2. The molecule has 5 heterocycles. The first-order valence-corrected chi connectivity index (χ1v) is 9.45. The zero-order valence-electron chi connectivity index (χ0n) is 13.2. The van der Waals surface area contributed by atoms with Crippen LogP contribution in [0, 0.1) is 17.6 Å². The maximum Gasteiger partial charge on any atom is 0.185 e. The van der Waals surface area contributed by atoms with E-state index in [2.05, 4.69) is 14.8 Å². The highest BCUT2D eigenvalue weighted by molar-refractivity contribution is 7.13. The van der Waals surface area contributed by atoms with Crippen LogP contribution in [0.2, 0.25) is 0 Å². The van der Waals surface area contributed by atoms with Crippen molar-refractivity contribution in [3.8, 4) is 0 Å². The van der Waals surface area contributed by atoms with Crippen LogP contribution < -0.4 is 4.90 Å². The van der Waals surface area contributed by atoms with Crippen LogP contribution in [0.25, 0.3) is 0 Å². The van der Waals surface area contributed by atoms with Gasteiger partial charge in [-0.3, -0.25) is 4.90 Å². The summed E-state index contributed by atoms with van der Waals surface area (Å²) in [6.07, 6.45) is 4.27. The molecule has 1 aromatic carbocycles. The molecule has 0 N–H and O–H groups in total. The number of aromatic nitrogens is 1. The van der Waals surface area contributed by atoms with Gasteiger partial charge in [0.25, 0.3) is 0 Å². The standard InChI is InChI=1S/C18H19F2N3S/c19-13-7-12(8-14(20)9-13)15-10-23(18-21-3-6-24-18)16-11-1-4-22(5-2-11)17(15)16/h3,6-9,11,15-17H,1-2,4-5,10H2/t15-,16+,17+/m0/s1. The second-order valence-corrected chi connectivity index (χ2v) is 8.00. The average molecular weight is 347 g/mol. The predicted molar refractivity (Wildman–Crippen MR) is 90.4 cm³/mol. The summed E-state index contributed by atoms with van der Waals surface area (Å²) in [5.74, 6) is -0.171. The molecular formula is C18H19F2N3S. The van der Waals surface area contributed by atoms with Crippen LogP contribution in [0.1, 0.15) is 24.3 Å². The zero-order valence-corrected chi connectivity index (χ0v) is 14.1. The highest BCUT2D eigenvalue weighted by atomic mass is 32.1. The first kappa shape index (κ1) is 14.8. The quantitative estimate of drug-likeness (QED) is 0.829. The van der Waals surface area contributed by atoms with E-state index in [-0.39, 0.29) is 5.92 Å². The number of halogens is 2. The van der Waals surface area contributed by atoms with Gasteiger partial charge in [0.2, 0.25) is 0 Å². The first-order chi connectivity index (χ1) is 11.7. The fraction of sp³-hybridized carbons (Fsp3) is 0.500. The van der Waals surface area contributed by atoms with Crippen molar-refractivity contribution in [2.45, 2.75) is 30.8 Å². The second kappa shape index (κ2) is 5.49. The van der Waals surface area contributed by atoms with Crippen LogP contribution in [-0.4, -0.2) is 41.6 Å². The number of hydrogen-bond donors (Lipinski definition) is 0. The van der Waals surface area contributed by atoms with Gasteiger partial charge in [0.15, 0.2) is 5.13 Å². The Morgan fingerprint density at radius 3 is 2.46 bits per heavy atom. The Bertz CT molecular complexity index is 722. The molecule has 0 saturated carbocycles. The van der Waals surface area contributed by atoms with Gasteiger partial charge >= 0.3 is 0 Å². The van der Waals surface area contributed by atoms with E-state index in [0.717, 1.165) is 36.4 Å². The summed E-state index contributed by atoms with van der Waals surface area (Å²) in [4.78, 5) is 9.45. The van der Waals surface area contributed by atoms with E-state index in [1.54, 1.807) is 11.3 Å². The largest absolute Gasteiger partial charge is 0.343 e. The molecular weight excluding hydrogens is 328 g/mol. The van der Waals surface area contributed by atoms with Gasteiger partial charge in [0, 0.05) is 36.1 Å². The minimum Gasteiger partial charge on any atom is -0.343 e. The maximum atomic E-state index is 13.8. The lowest BCUT2D eigenvalue weighted by molar-refractivity contribution is 0.0355. The van der Waals surface area contributed by atoms with Crippen molar-refractivity contribution in [1.82, 2.24) is 9.88 Å². The number of rotatable bonds is 2. The van der Waals surface area contributed by atoms with Crippen LogP contribution in [0.15, 0.2) is 29.8 Å². The lowest BCUT2D eigenvalue weighted by Gasteiger charge is -2.51. The molecule has 3 atom stereocenters. The van der Waals surface area contributed by atoms with Crippen molar-refractivity contribution in [2.24, 2.45) is 5.92 Å². The monoisotopic (exact) mass is 347 g/mol. The molecule has 4 fully saturated rings. The van der Waals surface area contributed by atoms with Gasteiger partial charge in [-0.2, -0.15) is 0 Å². The molecule has 2 bridgehead atoms. The predicted octanol–water partition coefficient (Wildman–Crippen LogP) is 3.49. The van der Waals surface area contributed by atoms with E-state index in [4.69, 9.17) is 0 Å². The number of piperidine rings is 3. The maximum absolute atomic E-state index is 13.8. The lowest BCUT2D eigenvalue weighted by atomic mass is 9.75. The van der Waals surface area contributed by atoms with Crippen molar-refractivity contribution < 1.29 is 8.78 Å². The Morgan fingerprint density at radius 1 is 1.04 bits per heavy atom. The topological polar surface area (TPSA) is 19.4 Å². The molecule has 1 aromatic heterocycles. The zero-order chi connectivity index (χ0) is 16.3. The van der Waals surface area contributed by atoms with Gasteiger partial charge in [0.1, 0.15) is 11.6 Å². The normalized spacial score (nSPS) is 34.6. The van der Waals surface area contributed by atoms with Crippen molar-refractivity contribution in [2.75, 3.05) is 24.5 Å². The highest BCUT2D eigenvalue weighted by Gasteiger charge is 2.54. The van der Waals surface area contributed by atoms with E-state index in [1.165, 1.54) is 25.0 Å². The Hall–Kier alpha value is -1.53. The number of anilines is 1. The third kappa shape index (κ3) is 2.19. The fourth-order valence-electron chi connectivity index (χ4n) is 5.08. The molecule has 126 valence electrons. The van der Waals surface area contributed by atoms with E-state index in [0.29, 0.717) is 18.0 Å². The van der Waals surface area contributed by atoms with Crippen LogP contribution >= 0.6 is 11.3 Å². The molecule has 4 aliphatic rings. The van der Waals surface area contributed by atoms with Gasteiger partial charge in [0.05, 0.1) is 6.04 Å². The second-order valence-electron chi connectivity index (χ2n) is 7.13. The number of benzene rings is 1. The Kier molecular flexibility index (Phi) is 3.38. The third-order valence-corrected chi connectivity index (χ3v) is 6.78. The van der Waals surface area contributed by atoms with Crippen molar-refractivity contribution in [1.29, 1.82) is 0 Å². The summed E-state index contributed by atoms with van der Waals surface area (Å²) in [5.41, 5.74) is 0.786. The van der Waals surface area contributed by atoms with Crippen LogP contribution in [0.5, 0.6) is 0 Å². The molecule has 4 aliphatic heterocycles. The average Bonchev–Trinajstić information content (AvgIpc) is 3.23. The molecule has 4 saturated heterocycles. The smallest absolute Gasteiger partial charge is 0.185 e. The van der Waals surface area contributed by atoms with Gasteiger partial charge in [-0.05, 0) is 49.5 Å². The minimum atomic E-state index is -0.481. The Labute approximate surface area is 143 Å². The molecule has 0 aliphatic carbocycles. The van der Waals surface area contributed by atoms with Gasteiger partial charge in [-0.1, -0.05) is 0 Å². The van der Waals surface area contributed by atoms with Crippen molar-refractivity contribution >= 4 is 16.5 Å². The summed E-state index contributed by atoms with van der Waals surface area (Å²) in [6.45, 7) is 3.00. The molecule has 24 heavy (non-hydrogen) atoms. The number of thiazole rings is 1. The third-order valence-electron chi connectivity index (χ3n) is 5.97. The lowest BCUT2D eigenvalue weighted by Crippen LogP contribution is -2.60. The number of hydrogen-bond acceptors (Lipinski definition) is 4. The molecule has 0 unspecified atom stereocenters. The van der Waals surface area contributed by atoms with Crippen LogP contribution in [-0.2, 0) is 0 Å². The van der Waals surface area contributed by atoms with E-state index >= 15 is 0 Å². The van der Waals surface area contributed by atoms with E-state index in [9.17, 15) is 8.78 Å². The SMILES string of the molecule is Fc1cc(F)cc([C@@H]2CN(c3nccs3)[C@@H]3C4CCN(CC4)[C@@H]32)c1. The molecule has 6 heteroatoms. The summed E-state index contributed by atoms with van der Waals surface area (Å²) in [5, 5.41) is 3.04. The highest BCUT2D eigenvalue weighted by Crippen LogP contribution is 2.48. The van der Waals surface area contributed by atoms with E-state index in [1.807, 2.05) is 11.6 Å². The molecule has 0 spiro atoms. The fourth-order valence-corrected chi connectivity index (χ4v) is 5.78. The molecule has 6 rings (SSSR count). The molecule has 0 radical (unpaired) electrons. The van der Waals surface area contributed by atoms with Gasteiger partial charge < -0.3 is 4.90 Å². The summed E-state index contributed by atoms with van der Waals surface area (Å²) in [7, 11) is 0. The van der Waals surface area contributed by atoms with Crippen LogP contribution in [0.4, 0.5) is 13.9 Å². The number of nitrogens with zero attached hydrogens (tertiary/aromatic N) is 3. The minimum absolute atomic E-state index is 0.132. The van der Waals surface area contributed by atoms with Crippen molar-refractivity contribution in [3.05, 3.63) is 47.0 Å². The first-order valence-electron chi connectivity index (χ1n) is 8.57. The molecule has 2 aromatic rings. The van der Waals surface area contributed by atoms with Gasteiger partial charge in [-0.15, -0.1) is 11.3 Å². The summed E-state index contributed by atoms with van der Waals surface area (Å²) < 4.78 is 27.6. The Morgan fingerprint density at radius 2 is 1.79 bits per heavy atom. The van der Waals surface area contributed by atoms with Gasteiger partial charge in [-0.25, -0.2) is 13.8 Å². The molecule has 0 amide bonds. The van der Waals surface area contributed by atoms with Crippen molar-refractivity contribution in [3.63, 3.8) is 0 Å². The van der Waals surface area contributed by atoms with E-state index < -0.39 is 11.6 Å². The Balaban J connectivity index is 1.58.